The van der Waals surface area contributed by atoms with E-state index in [0.29, 0.717) is 13.0 Å². The summed E-state index contributed by atoms with van der Waals surface area (Å²) in [6.07, 6.45) is -3.95. The first-order valence-electron chi connectivity index (χ1n) is 5.13. The van der Waals surface area contributed by atoms with Gasteiger partial charge in [0, 0.05) is 12.2 Å². The molecule has 0 bridgehead atoms. The van der Waals surface area contributed by atoms with E-state index in [1.165, 1.54) is 11.0 Å². The molecule has 0 aliphatic carbocycles. The third-order valence-electron chi connectivity index (χ3n) is 2.71. The van der Waals surface area contributed by atoms with Crippen molar-refractivity contribution >= 4 is 39.1 Å². The van der Waals surface area contributed by atoms with Crippen LogP contribution in [0.3, 0.4) is 0 Å². The molecule has 2 nitrogen and oxygen atoms in total. The number of hydrogen-bond donors (Lipinski definition) is 0. The van der Waals surface area contributed by atoms with Crippen molar-refractivity contribution in [2.45, 2.75) is 17.4 Å². The van der Waals surface area contributed by atoms with Gasteiger partial charge in [0.1, 0.15) is 0 Å². The first-order valence-corrected chi connectivity index (χ1v) is 6.42. The SMILES string of the molecule is O=C1C(Br)CCN1c1ccc(Cl)c(C(F)(F)F)c1. The number of amides is 1. The summed E-state index contributed by atoms with van der Waals surface area (Å²) in [5.41, 5.74) is -0.703. The molecule has 0 N–H and O–H groups in total. The van der Waals surface area contributed by atoms with Gasteiger partial charge in [-0.15, -0.1) is 0 Å². The van der Waals surface area contributed by atoms with E-state index in [0.717, 1.165) is 12.1 Å². The van der Waals surface area contributed by atoms with Crippen molar-refractivity contribution in [2.24, 2.45) is 0 Å². The molecule has 1 fully saturated rings. The number of carbonyl (C=O) groups is 1. The second kappa shape index (κ2) is 4.74. The van der Waals surface area contributed by atoms with Crippen molar-refractivity contribution in [3.8, 4) is 0 Å². The Balaban J connectivity index is 2.39. The fourth-order valence-corrected chi connectivity index (χ4v) is 2.48. The minimum atomic E-state index is -4.52. The Hall–Kier alpha value is -0.750. The summed E-state index contributed by atoms with van der Waals surface area (Å²) >= 11 is 8.69. The molecule has 1 amide bonds. The molecule has 18 heavy (non-hydrogen) atoms. The maximum absolute atomic E-state index is 12.7. The van der Waals surface area contributed by atoms with Crippen molar-refractivity contribution in [1.82, 2.24) is 0 Å². The van der Waals surface area contributed by atoms with Crippen LogP contribution in [-0.4, -0.2) is 17.3 Å². The zero-order valence-electron chi connectivity index (χ0n) is 8.97. The van der Waals surface area contributed by atoms with E-state index >= 15 is 0 Å². The fourth-order valence-electron chi connectivity index (χ4n) is 1.80. The molecule has 98 valence electrons. The molecule has 0 aromatic heterocycles. The Kier molecular flexibility index (Phi) is 3.60. The van der Waals surface area contributed by atoms with Crippen molar-refractivity contribution in [3.63, 3.8) is 0 Å². The van der Waals surface area contributed by atoms with Gasteiger partial charge < -0.3 is 4.90 Å². The molecule has 0 radical (unpaired) electrons. The first-order chi connectivity index (χ1) is 8.30. The summed E-state index contributed by atoms with van der Waals surface area (Å²) in [5, 5.41) is -0.367. The topological polar surface area (TPSA) is 20.3 Å². The average Bonchev–Trinajstić information content (AvgIpc) is 2.59. The minimum absolute atomic E-state index is 0.221. The second-order valence-corrected chi connectivity index (χ2v) is 5.42. The zero-order valence-corrected chi connectivity index (χ0v) is 11.3. The molecule has 7 heteroatoms. The predicted octanol–water partition coefficient (Wildman–Crippen LogP) is 3.86. The van der Waals surface area contributed by atoms with E-state index in [2.05, 4.69) is 15.9 Å². The van der Waals surface area contributed by atoms with Crippen LogP contribution in [0.1, 0.15) is 12.0 Å². The Labute approximate surface area is 115 Å². The standard InChI is InChI=1S/C11H8BrClF3NO/c12-8-3-4-17(10(8)18)6-1-2-9(13)7(5-6)11(14,15)16/h1-2,5,8H,3-4H2. The van der Waals surface area contributed by atoms with E-state index < -0.39 is 11.7 Å². The highest BCUT2D eigenvalue weighted by molar-refractivity contribution is 9.10. The minimum Gasteiger partial charge on any atom is -0.311 e. The van der Waals surface area contributed by atoms with Crippen molar-refractivity contribution in [3.05, 3.63) is 28.8 Å². The van der Waals surface area contributed by atoms with E-state index in [-0.39, 0.29) is 21.4 Å². The first kappa shape index (κ1) is 13.7. The number of alkyl halides is 4. The Bertz CT molecular complexity index is 492. The molecule has 1 saturated heterocycles. The number of rotatable bonds is 1. The van der Waals surface area contributed by atoms with E-state index in [9.17, 15) is 18.0 Å². The van der Waals surface area contributed by atoms with E-state index in [1.807, 2.05) is 0 Å². The number of hydrogen-bond acceptors (Lipinski definition) is 1. The lowest BCUT2D eigenvalue weighted by molar-refractivity contribution is -0.137. The molecule has 0 saturated carbocycles. The van der Waals surface area contributed by atoms with Gasteiger partial charge >= 0.3 is 6.18 Å². The van der Waals surface area contributed by atoms with Crippen molar-refractivity contribution in [2.75, 3.05) is 11.4 Å². The molecule has 1 atom stereocenters. The van der Waals surface area contributed by atoms with Crippen LogP contribution in [0.5, 0.6) is 0 Å². The van der Waals surface area contributed by atoms with Gasteiger partial charge in [-0.25, -0.2) is 0 Å². The van der Waals surface area contributed by atoms with Crippen LogP contribution in [0, 0.1) is 0 Å². The van der Waals surface area contributed by atoms with Gasteiger partial charge in [0.15, 0.2) is 0 Å². The second-order valence-electron chi connectivity index (χ2n) is 3.91. The van der Waals surface area contributed by atoms with Crippen LogP contribution in [0.4, 0.5) is 18.9 Å². The maximum Gasteiger partial charge on any atom is 0.417 e. The molecule has 1 aromatic carbocycles. The lowest BCUT2D eigenvalue weighted by atomic mass is 10.2. The molecule has 2 rings (SSSR count). The Morgan fingerprint density at radius 2 is 2.06 bits per heavy atom. The monoisotopic (exact) mass is 341 g/mol. The average molecular weight is 343 g/mol. The normalized spacial score (nSPS) is 20.6. The lowest BCUT2D eigenvalue weighted by Crippen LogP contribution is -2.27. The fraction of sp³-hybridized carbons (Fsp3) is 0.364. The van der Waals surface area contributed by atoms with Crippen LogP contribution in [-0.2, 0) is 11.0 Å². The van der Waals surface area contributed by atoms with Crippen LogP contribution >= 0.6 is 27.5 Å². The third-order valence-corrected chi connectivity index (χ3v) is 3.89. The van der Waals surface area contributed by atoms with Gasteiger partial charge in [0.25, 0.3) is 0 Å². The summed E-state index contributed by atoms with van der Waals surface area (Å²) in [6, 6.07) is 3.49. The quantitative estimate of drug-likeness (QED) is 0.710. The Morgan fingerprint density at radius 3 is 2.56 bits per heavy atom. The number of carbonyl (C=O) groups excluding carboxylic acids is 1. The number of nitrogens with zero attached hydrogens (tertiary/aromatic N) is 1. The molecule has 1 unspecified atom stereocenters. The van der Waals surface area contributed by atoms with Gasteiger partial charge in [-0.3, -0.25) is 4.79 Å². The highest BCUT2D eigenvalue weighted by Gasteiger charge is 2.36. The lowest BCUT2D eigenvalue weighted by Gasteiger charge is -2.18. The smallest absolute Gasteiger partial charge is 0.311 e. The Morgan fingerprint density at radius 1 is 1.39 bits per heavy atom. The van der Waals surface area contributed by atoms with Crippen molar-refractivity contribution in [1.29, 1.82) is 0 Å². The summed E-state index contributed by atoms with van der Waals surface area (Å²) in [5.74, 6) is -0.231. The third kappa shape index (κ3) is 2.49. The van der Waals surface area contributed by atoms with Crippen LogP contribution in [0.2, 0.25) is 5.02 Å². The van der Waals surface area contributed by atoms with E-state index in [4.69, 9.17) is 11.6 Å². The zero-order chi connectivity index (χ0) is 13.5. The summed E-state index contributed by atoms with van der Waals surface area (Å²) < 4.78 is 38.1. The number of anilines is 1. The molecule has 0 spiro atoms. The molecular weight excluding hydrogens is 334 g/mol. The van der Waals surface area contributed by atoms with Crippen molar-refractivity contribution < 1.29 is 18.0 Å². The highest BCUT2D eigenvalue weighted by Crippen LogP contribution is 2.37. The van der Waals surface area contributed by atoms with Gasteiger partial charge in [0.05, 0.1) is 15.4 Å². The van der Waals surface area contributed by atoms with Crippen LogP contribution in [0.25, 0.3) is 0 Å². The van der Waals surface area contributed by atoms with Crippen LogP contribution < -0.4 is 4.90 Å². The molecule has 1 aromatic rings. The molecule has 1 aliphatic heterocycles. The van der Waals surface area contributed by atoms with E-state index in [1.54, 1.807) is 0 Å². The van der Waals surface area contributed by atoms with Gasteiger partial charge in [-0.05, 0) is 24.6 Å². The number of benzene rings is 1. The predicted molar refractivity (Wildman–Crippen MR) is 66.1 cm³/mol. The molecule has 1 heterocycles. The summed E-state index contributed by atoms with van der Waals surface area (Å²) in [7, 11) is 0. The highest BCUT2D eigenvalue weighted by atomic mass is 79.9. The largest absolute Gasteiger partial charge is 0.417 e. The maximum atomic E-state index is 12.7. The summed E-state index contributed by atoms with van der Waals surface area (Å²) in [4.78, 5) is 12.7. The van der Waals surface area contributed by atoms with Gasteiger partial charge in [-0.2, -0.15) is 13.2 Å². The summed E-state index contributed by atoms with van der Waals surface area (Å²) in [6.45, 7) is 0.397. The van der Waals surface area contributed by atoms with Gasteiger partial charge in [-0.1, -0.05) is 27.5 Å². The van der Waals surface area contributed by atoms with Gasteiger partial charge in [0.2, 0.25) is 5.91 Å². The molecule has 1 aliphatic rings. The number of halogens is 5. The molecular formula is C11H8BrClF3NO. The van der Waals surface area contributed by atoms with Crippen LogP contribution in [0.15, 0.2) is 18.2 Å².